The molecule has 0 heterocycles. The van der Waals surface area contributed by atoms with E-state index in [1.54, 1.807) is 6.92 Å². The minimum atomic E-state index is -3.25. The Balaban J connectivity index is 2.65. The molecule has 0 saturated heterocycles. The summed E-state index contributed by atoms with van der Waals surface area (Å²) in [4.78, 5) is 0. The van der Waals surface area contributed by atoms with Crippen molar-refractivity contribution in [3.8, 4) is 0 Å². The van der Waals surface area contributed by atoms with Crippen LogP contribution in [-0.4, -0.2) is 25.8 Å². The van der Waals surface area contributed by atoms with Gasteiger partial charge in [0.1, 0.15) is 0 Å². The second-order valence-corrected chi connectivity index (χ2v) is 6.68. The normalized spacial score (nSPS) is 13.8. The first-order valence-corrected chi connectivity index (χ1v) is 7.76. The molecule has 0 aliphatic heterocycles. The highest BCUT2D eigenvalue weighted by Crippen LogP contribution is 2.18. The van der Waals surface area contributed by atoms with Gasteiger partial charge >= 0.3 is 0 Å². The van der Waals surface area contributed by atoms with E-state index in [0.29, 0.717) is 5.92 Å². The van der Waals surface area contributed by atoms with E-state index < -0.39 is 16.1 Å². The van der Waals surface area contributed by atoms with E-state index in [4.69, 9.17) is 0 Å². The van der Waals surface area contributed by atoms with Crippen molar-refractivity contribution in [1.29, 1.82) is 0 Å². The van der Waals surface area contributed by atoms with Crippen molar-refractivity contribution in [3.05, 3.63) is 35.4 Å². The van der Waals surface area contributed by atoms with Crippen molar-refractivity contribution in [3.63, 3.8) is 0 Å². The van der Waals surface area contributed by atoms with Gasteiger partial charge in [-0.1, -0.05) is 38.1 Å². The molecule has 4 nitrogen and oxygen atoms in total. The summed E-state index contributed by atoms with van der Waals surface area (Å²) >= 11 is 0. The Bertz CT molecular complexity index is 466. The number of hydrogen-bond acceptors (Lipinski definition) is 3. The third-order valence-electron chi connectivity index (χ3n) is 2.86. The number of nitrogens with one attached hydrogen (secondary N) is 1. The van der Waals surface area contributed by atoms with Crippen molar-refractivity contribution in [2.24, 2.45) is 0 Å². The summed E-state index contributed by atoms with van der Waals surface area (Å²) in [7, 11) is -3.25. The van der Waals surface area contributed by atoms with Gasteiger partial charge in [-0.15, -0.1) is 0 Å². The fourth-order valence-corrected chi connectivity index (χ4v) is 2.14. The summed E-state index contributed by atoms with van der Waals surface area (Å²) in [5, 5.41) is 9.88. The Labute approximate surface area is 109 Å². The number of aliphatic hydroxyl groups is 1. The van der Waals surface area contributed by atoms with Crippen LogP contribution in [0.2, 0.25) is 0 Å². The second kappa shape index (κ2) is 6.31. The Kier molecular flexibility index (Phi) is 5.31. The van der Waals surface area contributed by atoms with Crippen LogP contribution in [0.1, 0.15) is 43.9 Å². The van der Waals surface area contributed by atoms with E-state index in [2.05, 4.69) is 18.6 Å². The SMILES string of the molecule is CCS(=O)(=O)NCC(O)c1ccc(C(C)C)cc1. The molecule has 0 aliphatic rings. The van der Waals surface area contributed by atoms with Crippen molar-refractivity contribution >= 4 is 10.0 Å². The maximum absolute atomic E-state index is 11.3. The standard InChI is InChI=1S/C13H21NO3S/c1-4-18(16,17)14-9-13(15)12-7-5-11(6-8-12)10(2)3/h5-8,10,13-15H,4,9H2,1-3H3. The van der Waals surface area contributed by atoms with Crippen molar-refractivity contribution in [1.82, 2.24) is 4.72 Å². The number of aliphatic hydroxyl groups excluding tert-OH is 1. The lowest BCUT2D eigenvalue weighted by Crippen LogP contribution is -2.29. The average molecular weight is 271 g/mol. The molecule has 0 amide bonds. The summed E-state index contributed by atoms with van der Waals surface area (Å²) in [6.45, 7) is 5.77. The van der Waals surface area contributed by atoms with Crippen LogP contribution in [0.4, 0.5) is 0 Å². The molecule has 1 rings (SSSR count). The van der Waals surface area contributed by atoms with Gasteiger partial charge in [-0.25, -0.2) is 13.1 Å². The van der Waals surface area contributed by atoms with E-state index in [1.165, 1.54) is 5.56 Å². The zero-order valence-corrected chi connectivity index (χ0v) is 11.9. The molecule has 0 bridgehead atoms. The predicted molar refractivity (Wildman–Crippen MR) is 73.0 cm³/mol. The Hall–Kier alpha value is -0.910. The van der Waals surface area contributed by atoms with Crippen molar-refractivity contribution < 1.29 is 13.5 Å². The Morgan fingerprint density at radius 2 is 1.67 bits per heavy atom. The second-order valence-electron chi connectivity index (χ2n) is 4.59. The van der Waals surface area contributed by atoms with Crippen molar-refractivity contribution in [2.45, 2.75) is 32.8 Å². The highest BCUT2D eigenvalue weighted by Gasteiger charge is 2.12. The fraction of sp³-hybridized carbons (Fsp3) is 0.538. The van der Waals surface area contributed by atoms with Gasteiger partial charge in [0, 0.05) is 6.54 Å². The molecule has 2 N–H and O–H groups in total. The molecule has 102 valence electrons. The van der Waals surface area contributed by atoms with Gasteiger partial charge in [0.05, 0.1) is 11.9 Å². The van der Waals surface area contributed by atoms with Crippen LogP contribution >= 0.6 is 0 Å². The van der Waals surface area contributed by atoms with E-state index in [9.17, 15) is 13.5 Å². The molecular formula is C13H21NO3S. The van der Waals surface area contributed by atoms with Crippen LogP contribution < -0.4 is 4.72 Å². The lowest BCUT2D eigenvalue weighted by atomic mass is 10.00. The van der Waals surface area contributed by atoms with Crippen LogP contribution in [0.15, 0.2) is 24.3 Å². The zero-order valence-electron chi connectivity index (χ0n) is 11.1. The first kappa shape index (κ1) is 15.1. The quantitative estimate of drug-likeness (QED) is 0.829. The molecule has 0 radical (unpaired) electrons. The lowest BCUT2D eigenvalue weighted by Gasteiger charge is -2.13. The lowest BCUT2D eigenvalue weighted by molar-refractivity contribution is 0.182. The topological polar surface area (TPSA) is 66.4 Å². The van der Waals surface area contributed by atoms with E-state index >= 15 is 0 Å². The van der Waals surface area contributed by atoms with Gasteiger partial charge < -0.3 is 5.11 Å². The molecule has 0 saturated carbocycles. The number of sulfonamides is 1. The first-order valence-electron chi connectivity index (χ1n) is 6.11. The summed E-state index contributed by atoms with van der Waals surface area (Å²) in [5.74, 6) is 0.459. The van der Waals surface area contributed by atoms with Crippen molar-refractivity contribution in [2.75, 3.05) is 12.3 Å². The average Bonchev–Trinajstić information content (AvgIpc) is 2.36. The molecule has 0 aromatic heterocycles. The van der Waals surface area contributed by atoms with Gasteiger partial charge in [-0.2, -0.15) is 0 Å². The van der Waals surface area contributed by atoms with Crippen LogP contribution in [0, 0.1) is 0 Å². The maximum atomic E-state index is 11.3. The Morgan fingerprint density at radius 3 is 2.11 bits per heavy atom. The molecule has 0 fully saturated rings. The third-order valence-corrected chi connectivity index (χ3v) is 4.23. The highest BCUT2D eigenvalue weighted by molar-refractivity contribution is 7.89. The summed E-state index contributed by atoms with van der Waals surface area (Å²) in [6.07, 6.45) is -0.812. The van der Waals surface area contributed by atoms with Gasteiger partial charge in [0.2, 0.25) is 10.0 Å². The minimum absolute atomic E-state index is 0.0111. The minimum Gasteiger partial charge on any atom is -0.387 e. The molecule has 1 unspecified atom stereocenters. The zero-order chi connectivity index (χ0) is 13.8. The van der Waals surface area contributed by atoms with E-state index in [1.807, 2.05) is 24.3 Å². The monoisotopic (exact) mass is 271 g/mol. The summed E-state index contributed by atoms with van der Waals surface area (Å²) in [6, 6.07) is 7.58. The van der Waals surface area contributed by atoms with Crippen LogP contribution in [0.3, 0.4) is 0 Å². The van der Waals surface area contributed by atoms with E-state index in [0.717, 1.165) is 5.56 Å². The molecule has 5 heteroatoms. The third kappa shape index (κ3) is 4.40. The molecular weight excluding hydrogens is 250 g/mol. The number of benzene rings is 1. The molecule has 1 atom stereocenters. The van der Waals surface area contributed by atoms with Gasteiger partial charge in [0.25, 0.3) is 0 Å². The number of hydrogen-bond donors (Lipinski definition) is 2. The van der Waals surface area contributed by atoms with E-state index in [-0.39, 0.29) is 12.3 Å². The van der Waals surface area contributed by atoms with Gasteiger partial charge in [0.15, 0.2) is 0 Å². The highest BCUT2D eigenvalue weighted by atomic mass is 32.2. The Morgan fingerprint density at radius 1 is 1.17 bits per heavy atom. The van der Waals surface area contributed by atoms with Crippen LogP contribution in [0.25, 0.3) is 0 Å². The molecule has 0 spiro atoms. The first-order chi connectivity index (χ1) is 8.35. The van der Waals surface area contributed by atoms with Crippen LogP contribution in [0.5, 0.6) is 0 Å². The largest absolute Gasteiger partial charge is 0.387 e. The maximum Gasteiger partial charge on any atom is 0.211 e. The molecule has 18 heavy (non-hydrogen) atoms. The van der Waals surface area contributed by atoms with Gasteiger partial charge in [-0.3, -0.25) is 0 Å². The summed E-state index contributed by atoms with van der Waals surface area (Å²) < 4.78 is 24.9. The predicted octanol–water partition coefficient (Wildman–Crippen LogP) is 1.78. The number of rotatable bonds is 6. The molecule has 1 aromatic carbocycles. The molecule has 0 aliphatic carbocycles. The molecule has 1 aromatic rings. The van der Waals surface area contributed by atoms with Gasteiger partial charge in [-0.05, 0) is 24.0 Å². The van der Waals surface area contributed by atoms with Crippen LogP contribution in [-0.2, 0) is 10.0 Å². The smallest absolute Gasteiger partial charge is 0.211 e. The fourth-order valence-electron chi connectivity index (χ4n) is 1.53. The summed E-state index contributed by atoms with van der Waals surface area (Å²) in [5.41, 5.74) is 1.92.